The average molecular weight is 332 g/mol. The first-order chi connectivity index (χ1) is 11.0. The Bertz CT molecular complexity index is 759. The third-order valence-corrected chi connectivity index (χ3v) is 5.31. The lowest BCUT2D eigenvalue weighted by atomic mass is 9.96. The fourth-order valence-electron chi connectivity index (χ4n) is 2.99. The van der Waals surface area contributed by atoms with Crippen LogP contribution in [0.2, 0.25) is 0 Å². The van der Waals surface area contributed by atoms with Crippen LogP contribution in [0.3, 0.4) is 0 Å². The summed E-state index contributed by atoms with van der Waals surface area (Å²) < 4.78 is 1.65. The molecule has 6 nitrogen and oxygen atoms in total. The lowest BCUT2D eigenvalue weighted by Gasteiger charge is -2.32. The molecule has 3 heterocycles. The maximum Gasteiger partial charge on any atom is 0.265 e. The van der Waals surface area contributed by atoms with Crippen LogP contribution in [0.5, 0.6) is 0 Å². The molecule has 1 fully saturated rings. The first-order valence-corrected chi connectivity index (χ1v) is 8.60. The summed E-state index contributed by atoms with van der Waals surface area (Å²) in [6, 6.07) is 1.48. The maximum absolute atomic E-state index is 12.6. The van der Waals surface area contributed by atoms with Gasteiger partial charge in [0.25, 0.3) is 11.5 Å². The molecular formula is C16H20N4O2S. The number of thiazole rings is 1. The predicted molar refractivity (Wildman–Crippen MR) is 88.7 cm³/mol. The van der Waals surface area contributed by atoms with E-state index in [4.69, 9.17) is 0 Å². The van der Waals surface area contributed by atoms with Crippen LogP contribution in [0, 0.1) is 19.8 Å². The SMILES string of the molecule is Cc1nc(C)c(C(=O)N2CCC(Cn3cnccc3=O)CC2)s1. The van der Waals surface area contributed by atoms with E-state index in [0.717, 1.165) is 41.5 Å². The van der Waals surface area contributed by atoms with Gasteiger partial charge >= 0.3 is 0 Å². The minimum absolute atomic E-state index is 0.0192. The summed E-state index contributed by atoms with van der Waals surface area (Å²) >= 11 is 1.47. The van der Waals surface area contributed by atoms with Gasteiger partial charge in [-0.1, -0.05) is 0 Å². The second-order valence-corrected chi connectivity index (χ2v) is 7.16. The van der Waals surface area contributed by atoms with Crippen LogP contribution in [0.25, 0.3) is 0 Å². The molecule has 1 aliphatic rings. The van der Waals surface area contributed by atoms with E-state index in [1.807, 2.05) is 18.7 Å². The van der Waals surface area contributed by atoms with Gasteiger partial charge in [0.05, 0.1) is 17.0 Å². The van der Waals surface area contributed by atoms with Crippen molar-refractivity contribution < 1.29 is 4.79 Å². The number of carbonyl (C=O) groups excluding carboxylic acids is 1. The third kappa shape index (κ3) is 3.50. The molecule has 2 aromatic heterocycles. The number of piperidine rings is 1. The molecule has 0 spiro atoms. The fourth-order valence-corrected chi connectivity index (χ4v) is 3.87. The first kappa shape index (κ1) is 15.9. The molecular weight excluding hydrogens is 312 g/mol. The van der Waals surface area contributed by atoms with Crippen LogP contribution in [0.15, 0.2) is 23.4 Å². The normalized spacial score (nSPS) is 15.8. The van der Waals surface area contributed by atoms with E-state index in [9.17, 15) is 9.59 Å². The van der Waals surface area contributed by atoms with E-state index in [-0.39, 0.29) is 11.5 Å². The number of rotatable bonds is 3. The van der Waals surface area contributed by atoms with Gasteiger partial charge in [0, 0.05) is 31.9 Å². The highest BCUT2D eigenvalue weighted by Gasteiger charge is 2.26. The van der Waals surface area contributed by atoms with Gasteiger partial charge in [0.15, 0.2) is 0 Å². The number of amides is 1. The predicted octanol–water partition coefficient (Wildman–Crippen LogP) is 1.87. The smallest absolute Gasteiger partial charge is 0.265 e. The molecule has 0 N–H and O–H groups in total. The van der Waals surface area contributed by atoms with Crippen molar-refractivity contribution in [2.24, 2.45) is 5.92 Å². The summed E-state index contributed by atoms with van der Waals surface area (Å²) in [5, 5.41) is 0.927. The number of hydrogen-bond acceptors (Lipinski definition) is 5. The lowest BCUT2D eigenvalue weighted by molar-refractivity contribution is 0.0686. The summed E-state index contributed by atoms with van der Waals surface area (Å²) in [4.78, 5) is 35.3. The highest BCUT2D eigenvalue weighted by molar-refractivity contribution is 7.13. The Kier molecular flexibility index (Phi) is 4.56. The third-order valence-electron chi connectivity index (χ3n) is 4.25. The number of nitrogens with zero attached hydrogens (tertiary/aromatic N) is 4. The standard InChI is InChI=1S/C16H20N4O2S/c1-11-15(23-12(2)18-11)16(22)19-7-4-13(5-8-19)9-20-10-17-6-3-14(20)21/h3,6,10,13H,4-5,7-9H2,1-2H3. The largest absolute Gasteiger partial charge is 0.338 e. The number of aromatic nitrogens is 3. The van der Waals surface area contributed by atoms with E-state index in [2.05, 4.69) is 9.97 Å². The summed E-state index contributed by atoms with van der Waals surface area (Å²) in [7, 11) is 0. The summed E-state index contributed by atoms with van der Waals surface area (Å²) in [6.45, 7) is 5.95. The Balaban J connectivity index is 1.60. The van der Waals surface area contributed by atoms with Crippen molar-refractivity contribution in [2.75, 3.05) is 13.1 Å². The van der Waals surface area contributed by atoms with Crippen LogP contribution in [-0.2, 0) is 6.54 Å². The van der Waals surface area contributed by atoms with Gasteiger partial charge in [0.2, 0.25) is 0 Å². The molecule has 0 unspecified atom stereocenters. The second kappa shape index (κ2) is 6.62. The quantitative estimate of drug-likeness (QED) is 0.860. The highest BCUT2D eigenvalue weighted by Crippen LogP contribution is 2.24. The van der Waals surface area contributed by atoms with Gasteiger partial charge < -0.3 is 4.90 Å². The van der Waals surface area contributed by atoms with Gasteiger partial charge in [-0.05, 0) is 32.6 Å². The van der Waals surface area contributed by atoms with E-state index >= 15 is 0 Å². The van der Waals surface area contributed by atoms with Crippen molar-refractivity contribution in [3.05, 3.63) is 44.5 Å². The van der Waals surface area contributed by atoms with E-state index < -0.39 is 0 Å². The first-order valence-electron chi connectivity index (χ1n) is 7.78. The highest BCUT2D eigenvalue weighted by atomic mass is 32.1. The summed E-state index contributed by atoms with van der Waals surface area (Å²) in [6.07, 6.45) is 4.91. The van der Waals surface area contributed by atoms with Crippen LogP contribution >= 0.6 is 11.3 Å². The van der Waals surface area contributed by atoms with Crippen LogP contribution in [0.1, 0.15) is 33.2 Å². The molecule has 0 radical (unpaired) electrons. The molecule has 0 bridgehead atoms. The van der Waals surface area contributed by atoms with Gasteiger partial charge in [-0.25, -0.2) is 9.97 Å². The summed E-state index contributed by atoms with van der Waals surface area (Å²) in [5.74, 6) is 0.496. The fraction of sp³-hybridized carbons (Fsp3) is 0.500. The second-order valence-electron chi connectivity index (χ2n) is 5.95. The van der Waals surface area contributed by atoms with Gasteiger partial charge in [-0.3, -0.25) is 14.2 Å². The van der Waals surface area contributed by atoms with E-state index in [1.54, 1.807) is 10.9 Å². The maximum atomic E-state index is 12.6. The number of carbonyl (C=O) groups is 1. The monoisotopic (exact) mass is 332 g/mol. The Morgan fingerprint density at radius 2 is 2.09 bits per heavy atom. The zero-order valence-corrected chi connectivity index (χ0v) is 14.2. The van der Waals surface area contributed by atoms with Gasteiger partial charge in [0.1, 0.15) is 4.88 Å². The molecule has 1 amide bonds. The molecule has 7 heteroatoms. The van der Waals surface area contributed by atoms with Crippen molar-refractivity contribution in [3.63, 3.8) is 0 Å². The van der Waals surface area contributed by atoms with Crippen LogP contribution < -0.4 is 5.56 Å². The van der Waals surface area contributed by atoms with Crippen LogP contribution in [0.4, 0.5) is 0 Å². The minimum atomic E-state index is -0.0192. The van der Waals surface area contributed by atoms with Gasteiger partial charge in [-0.2, -0.15) is 0 Å². The van der Waals surface area contributed by atoms with E-state index in [1.165, 1.54) is 23.6 Å². The molecule has 0 saturated carbocycles. The van der Waals surface area contributed by atoms with Crippen molar-refractivity contribution in [1.29, 1.82) is 0 Å². The van der Waals surface area contributed by atoms with Crippen LogP contribution in [-0.4, -0.2) is 38.4 Å². The van der Waals surface area contributed by atoms with E-state index in [0.29, 0.717) is 12.5 Å². The molecule has 23 heavy (non-hydrogen) atoms. The van der Waals surface area contributed by atoms with Crippen molar-refractivity contribution in [2.45, 2.75) is 33.2 Å². The number of likely N-dealkylation sites (tertiary alicyclic amines) is 1. The molecule has 0 atom stereocenters. The Labute approximate surface area is 138 Å². The number of hydrogen-bond donors (Lipinski definition) is 0. The zero-order valence-electron chi connectivity index (χ0n) is 13.4. The molecule has 122 valence electrons. The molecule has 1 aliphatic heterocycles. The Morgan fingerprint density at radius 1 is 1.35 bits per heavy atom. The molecule has 0 aromatic carbocycles. The summed E-state index contributed by atoms with van der Waals surface area (Å²) in [5.41, 5.74) is 0.802. The van der Waals surface area contributed by atoms with Crippen molar-refractivity contribution in [1.82, 2.24) is 19.4 Å². The molecule has 2 aromatic rings. The molecule has 3 rings (SSSR count). The minimum Gasteiger partial charge on any atom is -0.338 e. The number of aryl methyl sites for hydroxylation is 2. The molecule has 0 aliphatic carbocycles. The lowest BCUT2D eigenvalue weighted by Crippen LogP contribution is -2.40. The van der Waals surface area contributed by atoms with Crippen molar-refractivity contribution in [3.8, 4) is 0 Å². The Hall–Kier alpha value is -2.02. The zero-order chi connectivity index (χ0) is 16.4. The van der Waals surface area contributed by atoms with Gasteiger partial charge in [-0.15, -0.1) is 11.3 Å². The van der Waals surface area contributed by atoms with Crippen molar-refractivity contribution >= 4 is 17.2 Å². The molecule has 1 saturated heterocycles. The topological polar surface area (TPSA) is 68.1 Å². The average Bonchev–Trinajstić information content (AvgIpc) is 2.88. The Morgan fingerprint density at radius 3 is 2.70 bits per heavy atom.